The van der Waals surface area contributed by atoms with E-state index in [9.17, 15) is 9.90 Å². The van der Waals surface area contributed by atoms with E-state index in [2.05, 4.69) is 30.6 Å². The van der Waals surface area contributed by atoms with Gasteiger partial charge in [-0.1, -0.05) is 75.3 Å². The Morgan fingerprint density at radius 2 is 1.78 bits per heavy atom. The maximum atomic E-state index is 12.8. The Hall–Kier alpha value is -1.87. The van der Waals surface area contributed by atoms with Crippen molar-refractivity contribution in [3.05, 3.63) is 35.9 Å². The van der Waals surface area contributed by atoms with E-state index in [0.29, 0.717) is 12.1 Å². The Balaban J connectivity index is 0.00000364. The van der Waals surface area contributed by atoms with Crippen LogP contribution < -0.4 is 6.15 Å². The first-order valence-corrected chi connectivity index (χ1v) is 9.76. The molecule has 1 aromatic rings. The van der Waals surface area contributed by atoms with Crippen molar-refractivity contribution < 1.29 is 14.6 Å². The van der Waals surface area contributed by atoms with Crippen molar-refractivity contribution in [1.29, 1.82) is 0 Å². The fraction of sp³-hybridized carbons (Fsp3) is 0.591. The second-order valence-electron chi connectivity index (χ2n) is 6.86. The first-order chi connectivity index (χ1) is 12.6. The molecule has 0 amide bonds. The van der Waals surface area contributed by atoms with Crippen molar-refractivity contribution in [2.75, 3.05) is 26.2 Å². The summed E-state index contributed by atoms with van der Waals surface area (Å²) in [7, 11) is 0. The van der Waals surface area contributed by atoms with Crippen LogP contribution in [-0.4, -0.2) is 42.2 Å². The van der Waals surface area contributed by atoms with Crippen LogP contribution in [0.25, 0.3) is 0 Å². The third kappa shape index (κ3) is 6.07. The summed E-state index contributed by atoms with van der Waals surface area (Å²) in [4.78, 5) is 15.0. The highest BCUT2D eigenvalue weighted by Gasteiger charge is 2.46. The molecule has 1 aliphatic rings. The fourth-order valence-corrected chi connectivity index (χ4v) is 3.61. The summed E-state index contributed by atoms with van der Waals surface area (Å²) in [5.74, 6) is 5.25. The Morgan fingerprint density at radius 3 is 2.37 bits per heavy atom. The molecule has 1 aliphatic carbocycles. The van der Waals surface area contributed by atoms with Gasteiger partial charge in [0, 0.05) is 5.92 Å². The largest absolute Gasteiger partial charge is 0.450 e. The molecular formula is C22H34N2O3. The van der Waals surface area contributed by atoms with Crippen LogP contribution in [0.2, 0.25) is 0 Å². The number of esters is 1. The molecule has 150 valence electrons. The summed E-state index contributed by atoms with van der Waals surface area (Å²) >= 11 is 0. The third-order valence-electron chi connectivity index (χ3n) is 5.32. The number of carbonyl (C=O) groups excluding carboxylic acids is 1. The number of hydrogen-bond donors (Lipinski definition) is 2. The van der Waals surface area contributed by atoms with Crippen molar-refractivity contribution in [2.24, 2.45) is 5.92 Å². The quantitative estimate of drug-likeness (QED) is 0.563. The molecule has 5 nitrogen and oxygen atoms in total. The van der Waals surface area contributed by atoms with Crippen molar-refractivity contribution in [3.8, 4) is 11.8 Å². The van der Waals surface area contributed by atoms with Crippen LogP contribution in [0.15, 0.2) is 30.3 Å². The number of carbonyl (C=O) groups is 1. The Labute approximate surface area is 163 Å². The normalized spacial score (nSPS) is 16.6. The lowest BCUT2D eigenvalue weighted by Crippen LogP contribution is -2.45. The summed E-state index contributed by atoms with van der Waals surface area (Å²) in [6.45, 7) is 6.75. The van der Waals surface area contributed by atoms with Gasteiger partial charge < -0.3 is 16.0 Å². The molecule has 2 rings (SSSR count). The van der Waals surface area contributed by atoms with Gasteiger partial charge in [0.15, 0.2) is 12.2 Å². The highest BCUT2D eigenvalue weighted by atomic mass is 16.5. The molecule has 0 saturated heterocycles. The van der Waals surface area contributed by atoms with Gasteiger partial charge in [-0.25, -0.2) is 4.79 Å². The SMILES string of the molecule is CCN(CC)CC#CCOC(=O)C(O)(c1ccccc1)C1CCCCC1.N. The number of nitrogens with zero attached hydrogens (tertiary/aromatic N) is 1. The minimum absolute atomic E-state index is 0. The highest BCUT2D eigenvalue weighted by Crippen LogP contribution is 2.40. The van der Waals surface area contributed by atoms with Crippen molar-refractivity contribution in [2.45, 2.75) is 51.6 Å². The van der Waals surface area contributed by atoms with Gasteiger partial charge in [0.05, 0.1) is 6.54 Å². The Bertz CT molecular complexity index is 613. The van der Waals surface area contributed by atoms with Crippen molar-refractivity contribution in [1.82, 2.24) is 11.1 Å². The van der Waals surface area contributed by atoms with E-state index in [-0.39, 0.29) is 18.7 Å². The zero-order valence-corrected chi connectivity index (χ0v) is 16.7. The Morgan fingerprint density at radius 1 is 1.15 bits per heavy atom. The van der Waals surface area contributed by atoms with E-state index in [4.69, 9.17) is 4.74 Å². The maximum Gasteiger partial charge on any atom is 0.344 e. The zero-order chi connectivity index (χ0) is 18.8. The van der Waals surface area contributed by atoms with Crippen LogP contribution in [0.3, 0.4) is 0 Å². The highest BCUT2D eigenvalue weighted by molar-refractivity contribution is 5.81. The molecule has 1 unspecified atom stereocenters. The van der Waals surface area contributed by atoms with Gasteiger partial charge >= 0.3 is 5.97 Å². The maximum absolute atomic E-state index is 12.8. The molecule has 27 heavy (non-hydrogen) atoms. The number of benzene rings is 1. The molecular weight excluding hydrogens is 340 g/mol. The van der Waals surface area contributed by atoms with Gasteiger partial charge in [-0.2, -0.15) is 0 Å². The minimum Gasteiger partial charge on any atom is -0.450 e. The smallest absolute Gasteiger partial charge is 0.344 e. The average molecular weight is 375 g/mol. The van der Waals surface area contributed by atoms with Crippen molar-refractivity contribution >= 4 is 5.97 Å². The van der Waals surface area contributed by atoms with E-state index in [1.807, 2.05) is 30.3 Å². The first kappa shape index (κ1) is 23.2. The standard InChI is InChI=1S/C22H31NO3.H3N/c1-3-23(4-2)17-11-12-18-26-21(24)22(25,19-13-7-5-8-14-19)20-15-9-6-10-16-20;/h5,7-8,13-14,20,25H,3-4,6,9-10,15-18H2,1-2H3;1H3. The van der Waals surface area contributed by atoms with Crippen LogP contribution in [0, 0.1) is 17.8 Å². The van der Waals surface area contributed by atoms with Gasteiger partial charge in [0.2, 0.25) is 0 Å². The molecule has 1 atom stereocenters. The van der Waals surface area contributed by atoms with Gasteiger partial charge in [0.25, 0.3) is 0 Å². The average Bonchev–Trinajstić information content (AvgIpc) is 2.71. The number of hydrogen-bond acceptors (Lipinski definition) is 5. The van der Waals surface area contributed by atoms with Crippen LogP contribution in [0.5, 0.6) is 0 Å². The molecule has 4 N–H and O–H groups in total. The predicted octanol–water partition coefficient (Wildman–Crippen LogP) is 3.50. The summed E-state index contributed by atoms with van der Waals surface area (Å²) in [5, 5.41) is 11.4. The van der Waals surface area contributed by atoms with Gasteiger partial charge in [-0.05, 0) is 31.5 Å². The van der Waals surface area contributed by atoms with Crippen LogP contribution >= 0.6 is 0 Å². The zero-order valence-electron chi connectivity index (χ0n) is 16.7. The predicted molar refractivity (Wildman–Crippen MR) is 108 cm³/mol. The molecule has 0 aromatic heterocycles. The van der Waals surface area contributed by atoms with E-state index < -0.39 is 11.6 Å². The summed E-state index contributed by atoms with van der Waals surface area (Å²) in [5.41, 5.74) is -0.963. The van der Waals surface area contributed by atoms with E-state index in [1.54, 1.807) is 0 Å². The molecule has 0 radical (unpaired) electrons. The molecule has 1 saturated carbocycles. The molecule has 1 fully saturated rings. The molecule has 0 aliphatic heterocycles. The summed E-state index contributed by atoms with van der Waals surface area (Å²) in [6, 6.07) is 9.19. The van der Waals surface area contributed by atoms with Crippen molar-refractivity contribution in [3.63, 3.8) is 0 Å². The molecule has 1 aromatic carbocycles. The minimum atomic E-state index is -1.58. The molecule has 0 bridgehead atoms. The van der Waals surface area contributed by atoms with Crippen LogP contribution in [-0.2, 0) is 15.1 Å². The lowest BCUT2D eigenvalue weighted by Gasteiger charge is -2.36. The van der Waals surface area contributed by atoms with Crippen LogP contribution in [0.1, 0.15) is 51.5 Å². The van der Waals surface area contributed by atoms with E-state index in [1.165, 1.54) is 0 Å². The molecule has 0 spiro atoms. The van der Waals surface area contributed by atoms with E-state index >= 15 is 0 Å². The van der Waals surface area contributed by atoms with E-state index in [0.717, 1.165) is 45.2 Å². The third-order valence-corrected chi connectivity index (χ3v) is 5.32. The van der Waals surface area contributed by atoms with Gasteiger partial charge in [0.1, 0.15) is 0 Å². The Kier molecular flexibility index (Phi) is 10.1. The molecule has 0 heterocycles. The summed E-state index contributed by atoms with van der Waals surface area (Å²) < 4.78 is 5.38. The lowest BCUT2D eigenvalue weighted by atomic mass is 9.73. The van der Waals surface area contributed by atoms with Gasteiger partial charge in [-0.3, -0.25) is 4.90 Å². The summed E-state index contributed by atoms with van der Waals surface area (Å²) in [6.07, 6.45) is 4.92. The fourth-order valence-electron chi connectivity index (χ4n) is 3.61. The molecule has 5 heteroatoms. The van der Waals surface area contributed by atoms with Gasteiger partial charge in [-0.15, -0.1) is 0 Å². The number of rotatable bonds is 7. The monoisotopic (exact) mass is 374 g/mol. The number of ether oxygens (including phenoxy) is 1. The second-order valence-corrected chi connectivity index (χ2v) is 6.86. The topological polar surface area (TPSA) is 84.8 Å². The van der Waals surface area contributed by atoms with Crippen LogP contribution in [0.4, 0.5) is 0 Å². The number of aliphatic hydroxyl groups is 1. The first-order valence-electron chi connectivity index (χ1n) is 9.76. The second kappa shape index (κ2) is 11.8. The lowest BCUT2D eigenvalue weighted by molar-refractivity contribution is -0.174.